The zero-order valence-corrected chi connectivity index (χ0v) is 19.1. The lowest BCUT2D eigenvalue weighted by Crippen LogP contribution is -2.57. The molecular weight excluding hydrogens is 380 g/mol. The van der Waals surface area contributed by atoms with Gasteiger partial charge in [-0.1, -0.05) is 51.9 Å². The number of rotatable bonds is 11. The molecule has 0 spiro atoms. The fourth-order valence-electron chi connectivity index (χ4n) is 2.65. The molecule has 1 aromatic rings. The molecular formula is C20H38N2O3S2. The highest BCUT2D eigenvalue weighted by molar-refractivity contribution is 7.80. The van der Waals surface area contributed by atoms with Crippen molar-refractivity contribution in [3.05, 3.63) is 16.6 Å². The van der Waals surface area contributed by atoms with Gasteiger partial charge in [-0.05, 0) is 33.7 Å². The summed E-state index contributed by atoms with van der Waals surface area (Å²) in [4.78, 5) is 4.44. The van der Waals surface area contributed by atoms with Crippen LogP contribution in [0.15, 0.2) is 11.6 Å². The van der Waals surface area contributed by atoms with Crippen LogP contribution in [0.3, 0.4) is 0 Å². The molecule has 2 N–H and O–H groups in total. The van der Waals surface area contributed by atoms with Gasteiger partial charge in [0.1, 0.15) is 10.5 Å². The Labute approximate surface area is 172 Å². The number of nitrogens with zero attached hydrogens (tertiary/aromatic N) is 1. The molecule has 1 atom stereocenters. The Morgan fingerprint density at radius 3 is 2.15 bits per heavy atom. The molecule has 0 radical (unpaired) electrons. The van der Waals surface area contributed by atoms with Crippen LogP contribution < -0.4 is 5.32 Å². The van der Waals surface area contributed by atoms with E-state index < -0.39 is 15.8 Å². The fourth-order valence-corrected chi connectivity index (χ4v) is 3.44. The highest BCUT2D eigenvalue weighted by Gasteiger charge is 2.41. The van der Waals surface area contributed by atoms with E-state index in [1.165, 1.54) is 56.4 Å². The molecule has 2 rings (SSSR count). The topological polar surface area (TPSA) is 71.5 Å². The maximum Gasteiger partial charge on any atom is 0.158 e. The summed E-state index contributed by atoms with van der Waals surface area (Å²) in [6.07, 6.45) is 12.8. The van der Waals surface area contributed by atoms with E-state index in [-0.39, 0.29) is 5.54 Å². The molecule has 0 saturated carbocycles. The summed E-state index contributed by atoms with van der Waals surface area (Å²) in [6, 6.07) is 0. The van der Waals surface area contributed by atoms with Gasteiger partial charge in [-0.15, -0.1) is 11.3 Å². The van der Waals surface area contributed by atoms with Crippen LogP contribution in [0.4, 0.5) is 0 Å². The van der Waals surface area contributed by atoms with Crippen molar-refractivity contribution in [1.82, 2.24) is 10.3 Å². The van der Waals surface area contributed by atoms with E-state index >= 15 is 0 Å². The van der Waals surface area contributed by atoms with Crippen LogP contribution in [-0.2, 0) is 21.4 Å². The molecule has 7 heteroatoms. The van der Waals surface area contributed by atoms with E-state index in [1.807, 2.05) is 11.6 Å². The summed E-state index contributed by atoms with van der Waals surface area (Å²) in [7, 11) is 0. The van der Waals surface area contributed by atoms with Gasteiger partial charge in [-0.2, -0.15) is 0 Å². The second kappa shape index (κ2) is 13.0. The van der Waals surface area contributed by atoms with Crippen molar-refractivity contribution in [2.45, 2.75) is 89.3 Å². The number of thiazole rings is 1. The third-order valence-corrected chi connectivity index (χ3v) is 6.58. The van der Waals surface area contributed by atoms with Crippen molar-refractivity contribution in [3.8, 4) is 0 Å². The molecule has 1 aliphatic rings. The molecule has 158 valence electrons. The van der Waals surface area contributed by atoms with Gasteiger partial charge in [0, 0.05) is 11.6 Å². The molecule has 0 aromatic carbocycles. The quantitative estimate of drug-likeness (QED) is 0.386. The predicted octanol–water partition coefficient (Wildman–Crippen LogP) is 5.11. The zero-order chi connectivity index (χ0) is 20.2. The van der Waals surface area contributed by atoms with Crippen LogP contribution >= 0.6 is 11.3 Å². The normalized spacial score (nSPS) is 16.9. The average molecular weight is 419 g/mol. The third-order valence-electron chi connectivity index (χ3n) is 4.56. The van der Waals surface area contributed by atoms with Gasteiger partial charge >= 0.3 is 0 Å². The first kappa shape index (κ1) is 24.7. The minimum Gasteiger partial charge on any atom is -0.377 e. The molecule has 0 aliphatic carbocycles. The van der Waals surface area contributed by atoms with Crippen molar-refractivity contribution in [2.24, 2.45) is 0 Å². The third kappa shape index (κ3) is 9.61. The first-order valence-corrected chi connectivity index (χ1v) is 12.1. The Morgan fingerprint density at radius 1 is 1.19 bits per heavy atom. The van der Waals surface area contributed by atoms with Gasteiger partial charge in [0.2, 0.25) is 0 Å². The van der Waals surface area contributed by atoms with E-state index in [2.05, 4.69) is 17.2 Å². The lowest BCUT2D eigenvalue weighted by atomic mass is 9.98. The lowest BCUT2D eigenvalue weighted by Gasteiger charge is -2.40. The van der Waals surface area contributed by atoms with E-state index in [4.69, 9.17) is 9.29 Å². The van der Waals surface area contributed by atoms with Gasteiger partial charge in [0.25, 0.3) is 0 Å². The molecule has 0 bridgehead atoms. The highest BCUT2D eigenvalue weighted by atomic mass is 32.2. The summed E-state index contributed by atoms with van der Waals surface area (Å²) in [5, 5.41) is 6.90. The minimum atomic E-state index is -1.68. The Hall–Kier alpha value is -0.340. The van der Waals surface area contributed by atoms with Crippen molar-refractivity contribution < 1.29 is 13.5 Å². The van der Waals surface area contributed by atoms with Gasteiger partial charge in [0.05, 0.1) is 18.0 Å². The van der Waals surface area contributed by atoms with Crippen LogP contribution in [0, 0.1) is 0 Å². The van der Waals surface area contributed by atoms with Crippen LogP contribution in [0.25, 0.3) is 0 Å². The number of nitrogens with one attached hydrogen (secondary N) is 1. The molecule has 0 amide bonds. The number of aromatic nitrogens is 1. The molecule has 1 saturated heterocycles. The fraction of sp³-hybridized carbons (Fsp3) is 0.850. The molecule has 2 heterocycles. The summed E-state index contributed by atoms with van der Waals surface area (Å²) in [6.45, 7) is 10.0. The average Bonchev–Trinajstić information content (AvgIpc) is 3.09. The zero-order valence-electron chi connectivity index (χ0n) is 17.5. The largest absolute Gasteiger partial charge is 0.377 e. The lowest BCUT2D eigenvalue weighted by molar-refractivity contribution is -0.0785. The maximum atomic E-state index is 10.1. The van der Waals surface area contributed by atoms with Crippen molar-refractivity contribution in [1.29, 1.82) is 0 Å². The second-order valence-electron chi connectivity index (χ2n) is 8.18. The standard InChI is InChI=1S/C16H28N2OS.C4H10O2S/c1-2-3-4-5-6-7-8-9-10-18-16(13-19-14-16)15-17-11-12-20-15;1-4(2,3)7(5)6/h11-12,18H,2-10,13-14H2,1H3;1-3H3,(H,5,6). The predicted molar refractivity (Wildman–Crippen MR) is 116 cm³/mol. The van der Waals surface area contributed by atoms with Gasteiger partial charge < -0.3 is 14.6 Å². The van der Waals surface area contributed by atoms with Crippen molar-refractivity contribution in [3.63, 3.8) is 0 Å². The minimum absolute atomic E-state index is 0.0231. The Bertz CT molecular complexity index is 512. The second-order valence-corrected chi connectivity index (χ2v) is 10.8. The van der Waals surface area contributed by atoms with E-state index in [9.17, 15) is 4.21 Å². The van der Waals surface area contributed by atoms with E-state index in [0.29, 0.717) is 0 Å². The maximum absolute atomic E-state index is 10.1. The van der Waals surface area contributed by atoms with E-state index in [0.717, 1.165) is 19.8 Å². The number of unbranched alkanes of at least 4 members (excludes halogenated alkanes) is 7. The SMILES string of the molecule is CC(C)(C)S(=O)O.CCCCCCCCCCNC1(c2nccs2)COC1. The highest BCUT2D eigenvalue weighted by Crippen LogP contribution is 2.30. The molecule has 27 heavy (non-hydrogen) atoms. The Balaban J connectivity index is 0.000000445. The van der Waals surface area contributed by atoms with Gasteiger partial charge in [-0.3, -0.25) is 0 Å². The van der Waals surface area contributed by atoms with Crippen LogP contribution in [0.2, 0.25) is 0 Å². The van der Waals surface area contributed by atoms with Gasteiger partial charge in [-0.25, -0.2) is 9.19 Å². The van der Waals surface area contributed by atoms with E-state index in [1.54, 1.807) is 32.1 Å². The molecule has 1 aromatic heterocycles. The Kier molecular flexibility index (Phi) is 11.9. The molecule has 5 nitrogen and oxygen atoms in total. The summed E-state index contributed by atoms with van der Waals surface area (Å²) in [5.74, 6) is 0. The smallest absolute Gasteiger partial charge is 0.158 e. The number of ether oxygens (including phenoxy) is 1. The summed E-state index contributed by atoms with van der Waals surface area (Å²) < 4.78 is 23.4. The first-order chi connectivity index (χ1) is 12.8. The van der Waals surface area contributed by atoms with Crippen LogP contribution in [-0.4, -0.2) is 38.3 Å². The number of hydrogen-bond acceptors (Lipinski definition) is 5. The summed E-state index contributed by atoms with van der Waals surface area (Å²) in [5.41, 5.74) is 0.0231. The van der Waals surface area contributed by atoms with Gasteiger partial charge in [0.15, 0.2) is 11.1 Å². The van der Waals surface area contributed by atoms with Crippen LogP contribution in [0.1, 0.15) is 84.1 Å². The van der Waals surface area contributed by atoms with Crippen molar-refractivity contribution >= 4 is 22.4 Å². The van der Waals surface area contributed by atoms with Crippen molar-refractivity contribution in [2.75, 3.05) is 19.8 Å². The molecule has 1 aliphatic heterocycles. The monoisotopic (exact) mass is 418 g/mol. The summed E-state index contributed by atoms with van der Waals surface area (Å²) >= 11 is 0.0487. The molecule has 1 unspecified atom stereocenters. The number of hydrogen-bond donors (Lipinski definition) is 2. The molecule has 1 fully saturated rings. The van der Waals surface area contributed by atoms with Crippen LogP contribution in [0.5, 0.6) is 0 Å². The Morgan fingerprint density at radius 2 is 1.74 bits per heavy atom. The first-order valence-electron chi connectivity index (χ1n) is 10.2.